The van der Waals surface area contributed by atoms with E-state index in [1.807, 2.05) is 50.4 Å². The highest BCUT2D eigenvalue weighted by Gasteiger charge is 2.08. The van der Waals surface area contributed by atoms with Crippen LogP contribution in [0.1, 0.15) is 11.1 Å². The molecule has 0 bridgehead atoms. The molecule has 0 aliphatic heterocycles. The van der Waals surface area contributed by atoms with E-state index >= 15 is 0 Å². The maximum Gasteiger partial charge on any atom is 0.120 e. The van der Waals surface area contributed by atoms with Crippen LogP contribution in [0.25, 0.3) is 0 Å². The summed E-state index contributed by atoms with van der Waals surface area (Å²) in [6.07, 6.45) is 0. The fourth-order valence-corrected chi connectivity index (χ4v) is 2.33. The quantitative estimate of drug-likeness (QED) is 0.874. The minimum atomic E-state index is 0.429. The number of rotatable bonds is 4. The summed E-state index contributed by atoms with van der Waals surface area (Å²) in [6, 6.07) is 14.0. The van der Waals surface area contributed by atoms with Crippen molar-refractivity contribution in [3.63, 3.8) is 0 Å². The molecule has 4 heteroatoms. The lowest BCUT2D eigenvalue weighted by atomic mass is 10.1. The lowest BCUT2D eigenvalue weighted by Crippen LogP contribution is -2.13. The van der Waals surface area contributed by atoms with Crippen LogP contribution in [0, 0.1) is 6.92 Å². The van der Waals surface area contributed by atoms with Crippen molar-refractivity contribution in [2.45, 2.75) is 6.92 Å². The van der Waals surface area contributed by atoms with Gasteiger partial charge in [-0.3, -0.25) is 0 Å². The second-order valence-electron chi connectivity index (χ2n) is 4.62. The number of benzene rings is 2. The van der Waals surface area contributed by atoms with Crippen molar-refractivity contribution < 1.29 is 4.74 Å². The number of methoxy groups -OCH3 is 1. The summed E-state index contributed by atoms with van der Waals surface area (Å²) in [4.78, 5) is 2.52. The van der Waals surface area contributed by atoms with Crippen molar-refractivity contribution >= 4 is 28.6 Å². The van der Waals surface area contributed by atoms with Crippen molar-refractivity contribution in [2.75, 3.05) is 19.1 Å². The van der Waals surface area contributed by atoms with E-state index in [4.69, 9.17) is 22.7 Å². The largest absolute Gasteiger partial charge is 0.497 e. The Kier molecular flexibility index (Phi) is 4.25. The minimum Gasteiger partial charge on any atom is -0.497 e. The Morgan fingerprint density at radius 2 is 1.85 bits per heavy atom. The van der Waals surface area contributed by atoms with E-state index in [2.05, 4.69) is 11.0 Å². The first-order valence-electron chi connectivity index (χ1n) is 6.31. The first-order valence-corrected chi connectivity index (χ1v) is 6.72. The van der Waals surface area contributed by atoms with Gasteiger partial charge in [-0.15, -0.1) is 0 Å². The average Bonchev–Trinajstić information content (AvgIpc) is 2.46. The first-order chi connectivity index (χ1) is 9.52. The Morgan fingerprint density at radius 3 is 2.45 bits per heavy atom. The van der Waals surface area contributed by atoms with E-state index in [0.29, 0.717) is 4.99 Å². The molecule has 0 fully saturated rings. The molecule has 0 aromatic heterocycles. The maximum absolute atomic E-state index is 5.69. The molecule has 0 heterocycles. The maximum atomic E-state index is 5.69. The summed E-state index contributed by atoms with van der Waals surface area (Å²) >= 11 is 5.03. The number of thiocarbonyl (C=S) groups is 1. The van der Waals surface area contributed by atoms with Crippen LogP contribution < -0.4 is 15.4 Å². The van der Waals surface area contributed by atoms with Gasteiger partial charge in [-0.05, 0) is 42.8 Å². The predicted molar refractivity (Wildman–Crippen MR) is 88.1 cm³/mol. The number of nitrogens with zero attached hydrogens (tertiary/aromatic N) is 1. The zero-order chi connectivity index (χ0) is 14.7. The fraction of sp³-hybridized carbons (Fsp3) is 0.188. The zero-order valence-electron chi connectivity index (χ0n) is 11.9. The number of anilines is 2. The van der Waals surface area contributed by atoms with Gasteiger partial charge in [-0.25, -0.2) is 0 Å². The molecule has 0 unspecified atom stereocenters. The van der Waals surface area contributed by atoms with Crippen LogP contribution in [0.15, 0.2) is 42.5 Å². The van der Waals surface area contributed by atoms with Crippen molar-refractivity contribution in [3.05, 3.63) is 53.6 Å². The molecule has 2 N–H and O–H groups in total. The van der Waals surface area contributed by atoms with E-state index < -0.39 is 0 Å². The van der Waals surface area contributed by atoms with Gasteiger partial charge in [-0.2, -0.15) is 0 Å². The van der Waals surface area contributed by atoms with Gasteiger partial charge >= 0.3 is 0 Å². The van der Waals surface area contributed by atoms with Crippen LogP contribution in [0.2, 0.25) is 0 Å². The molecule has 3 nitrogen and oxygen atoms in total. The second-order valence-corrected chi connectivity index (χ2v) is 5.06. The molecule has 104 valence electrons. The van der Waals surface area contributed by atoms with Crippen molar-refractivity contribution in [1.82, 2.24) is 0 Å². The van der Waals surface area contributed by atoms with Crippen LogP contribution in [0.4, 0.5) is 11.4 Å². The molecule has 0 amide bonds. The lowest BCUT2D eigenvalue weighted by molar-refractivity contribution is 0.415. The van der Waals surface area contributed by atoms with Gasteiger partial charge in [0.15, 0.2) is 0 Å². The summed E-state index contributed by atoms with van der Waals surface area (Å²) in [5.74, 6) is 0.839. The van der Waals surface area contributed by atoms with Crippen LogP contribution in [0.3, 0.4) is 0 Å². The van der Waals surface area contributed by atoms with Gasteiger partial charge in [0.05, 0.1) is 7.11 Å². The molecule has 2 aromatic carbocycles. The minimum absolute atomic E-state index is 0.429. The molecular weight excluding hydrogens is 268 g/mol. The molecule has 0 aliphatic rings. The van der Waals surface area contributed by atoms with E-state index in [-0.39, 0.29) is 0 Å². The Bertz CT molecular complexity index is 640. The number of hydrogen-bond donors (Lipinski definition) is 1. The molecule has 0 aliphatic carbocycles. The number of ether oxygens (including phenoxy) is 1. The molecular formula is C16H18N2OS. The first kappa shape index (κ1) is 14.3. The van der Waals surface area contributed by atoms with Crippen LogP contribution in [0.5, 0.6) is 5.75 Å². The van der Waals surface area contributed by atoms with E-state index in [1.54, 1.807) is 7.11 Å². The highest BCUT2D eigenvalue weighted by molar-refractivity contribution is 7.80. The molecule has 20 heavy (non-hydrogen) atoms. The third kappa shape index (κ3) is 2.91. The molecule has 0 radical (unpaired) electrons. The monoisotopic (exact) mass is 286 g/mol. The van der Waals surface area contributed by atoms with E-state index in [1.165, 1.54) is 0 Å². The zero-order valence-corrected chi connectivity index (χ0v) is 12.7. The molecule has 0 saturated carbocycles. The molecule has 0 spiro atoms. The number of hydrogen-bond acceptors (Lipinski definition) is 3. The Hall–Kier alpha value is -2.07. The Labute approximate surface area is 125 Å². The lowest BCUT2D eigenvalue weighted by Gasteiger charge is -2.21. The van der Waals surface area contributed by atoms with Gasteiger partial charge < -0.3 is 15.4 Å². The van der Waals surface area contributed by atoms with Crippen LogP contribution in [-0.2, 0) is 0 Å². The van der Waals surface area contributed by atoms with E-state index in [9.17, 15) is 0 Å². The smallest absolute Gasteiger partial charge is 0.120 e. The van der Waals surface area contributed by atoms with Crippen LogP contribution >= 0.6 is 12.2 Å². The van der Waals surface area contributed by atoms with Crippen LogP contribution in [-0.4, -0.2) is 19.1 Å². The summed E-state index contributed by atoms with van der Waals surface area (Å²) < 4.78 is 5.25. The van der Waals surface area contributed by atoms with Gasteiger partial charge in [-0.1, -0.05) is 18.3 Å². The van der Waals surface area contributed by atoms with Crippen molar-refractivity contribution in [3.8, 4) is 5.75 Å². The van der Waals surface area contributed by atoms with Gasteiger partial charge in [0.25, 0.3) is 0 Å². The highest BCUT2D eigenvalue weighted by Crippen LogP contribution is 2.28. The SMILES string of the molecule is COc1cccc(N(C)c2ccc(C(N)=S)c(C)c2)c1. The standard InChI is InChI=1S/C16H18N2OS/c1-11-9-13(7-8-15(11)16(17)20)18(2)12-5-4-6-14(10-12)19-3/h4-10H,1-3H3,(H2,17,20). The molecule has 2 rings (SSSR count). The highest BCUT2D eigenvalue weighted by atomic mass is 32.1. The summed E-state index contributed by atoms with van der Waals surface area (Å²) in [7, 11) is 3.68. The Balaban J connectivity index is 2.35. The third-order valence-electron chi connectivity index (χ3n) is 3.30. The molecule has 0 atom stereocenters. The normalized spacial score (nSPS) is 10.2. The summed E-state index contributed by atoms with van der Waals surface area (Å²) in [6.45, 7) is 2.01. The van der Waals surface area contributed by atoms with Gasteiger partial charge in [0, 0.05) is 30.1 Å². The van der Waals surface area contributed by atoms with Crippen molar-refractivity contribution in [1.29, 1.82) is 0 Å². The predicted octanol–water partition coefficient (Wildman–Crippen LogP) is 3.41. The van der Waals surface area contributed by atoms with Gasteiger partial charge in [0.2, 0.25) is 0 Å². The second kappa shape index (κ2) is 5.92. The van der Waals surface area contributed by atoms with E-state index in [0.717, 1.165) is 28.3 Å². The van der Waals surface area contributed by atoms with Crippen molar-refractivity contribution in [2.24, 2.45) is 5.73 Å². The average molecular weight is 286 g/mol. The van der Waals surface area contributed by atoms with Gasteiger partial charge in [0.1, 0.15) is 10.7 Å². The topological polar surface area (TPSA) is 38.5 Å². The fourth-order valence-electron chi connectivity index (χ4n) is 2.10. The Morgan fingerprint density at radius 1 is 1.15 bits per heavy atom. The summed E-state index contributed by atoms with van der Waals surface area (Å²) in [5.41, 5.74) is 9.83. The number of aryl methyl sites for hydroxylation is 1. The molecule has 2 aromatic rings. The summed E-state index contributed by atoms with van der Waals surface area (Å²) in [5, 5.41) is 0. The number of nitrogens with two attached hydrogens (primary N) is 1. The third-order valence-corrected chi connectivity index (χ3v) is 3.52. The molecule has 0 saturated heterocycles.